The van der Waals surface area contributed by atoms with Crippen LogP contribution in [0, 0.1) is 0 Å². The third-order valence-electron chi connectivity index (χ3n) is 4.82. The molecule has 2 aliphatic heterocycles. The van der Waals surface area contributed by atoms with Gasteiger partial charge >= 0.3 is 0 Å². The summed E-state index contributed by atoms with van der Waals surface area (Å²) in [6.07, 6.45) is 4.10. The Morgan fingerprint density at radius 1 is 1.33 bits per heavy atom. The van der Waals surface area contributed by atoms with Crippen LogP contribution in [0.5, 0.6) is 0 Å². The fourth-order valence-corrected chi connectivity index (χ4v) is 3.29. The van der Waals surface area contributed by atoms with Crippen LogP contribution in [0.4, 0.5) is 0 Å². The van der Waals surface area contributed by atoms with Crippen molar-refractivity contribution in [2.24, 2.45) is 0 Å². The minimum Gasteiger partial charge on any atom is -0.394 e. The summed E-state index contributed by atoms with van der Waals surface area (Å²) in [4.78, 5) is 5.22. The first-order chi connectivity index (χ1) is 8.58. The van der Waals surface area contributed by atoms with E-state index in [0.717, 1.165) is 12.6 Å². The minimum atomic E-state index is -0.175. The summed E-state index contributed by atoms with van der Waals surface area (Å²) in [5, 5.41) is 12.8. The van der Waals surface area contributed by atoms with Crippen molar-refractivity contribution in [3.8, 4) is 0 Å². The molecule has 2 rings (SSSR count). The fraction of sp³-hybridized carbons (Fsp3) is 1.00. The molecule has 0 aliphatic carbocycles. The van der Waals surface area contributed by atoms with Crippen LogP contribution in [0.1, 0.15) is 33.1 Å². The third kappa shape index (κ3) is 3.05. The van der Waals surface area contributed by atoms with Crippen LogP contribution in [0.15, 0.2) is 0 Å². The molecule has 3 unspecified atom stereocenters. The van der Waals surface area contributed by atoms with Crippen molar-refractivity contribution in [2.75, 3.05) is 39.8 Å². The van der Waals surface area contributed by atoms with E-state index in [4.69, 9.17) is 0 Å². The molecule has 2 aliphatic rings. The molecule has 2 fully saturated rings. The number of nitrogens with zero attached hydrogens (tertiary/aromatic N) is 2. The summed E-state index contributed by atoms with van der Waals surface area (Å²) in [6, 6.07) is 1.34. The molecule has 4 heteroatoms. The Kier molecular flexibility index (Phi) is 4.64. The van der Waals surface area contributed by atoms with Crippen LogP contribution in [0.3, 0.4) is 0 Å². The first-order valence-corrected chi connectivity index (χ1v) is 7.36. The average Bonchev–Trinajstić information content (AvgIpc) is 2.39. The number of hydrogen-bond acceptors (Lipinski definition) is 4. The van der Waals surface area contributed by atoms with Crippen LogP contribution in [0.2, 0.25) is 0 Å². The molecule has 0 bridgehead atoms. The lowest BCUT2D eigenvalue weighted by molar-refractivity contribution is -0.00354. The van der Waals surface area contributed by atoms with E-state index in [2.05, 4.69) is 29.0 Å². The van der Waals surface area contributed by atoms with E-state index in [0.29, 0.717) is 6.04 Å². The van der Waals surface area contributed by atoms with E-state index < -0.39 is 0 Å². The van der Waals surface area contributed by atoms with Gasteiger partial charge in [-0.1, -0.05) is 6.42 Å². The number of piperidine rings is 1. The Hall–Kier alpha value is -0.160. The number of piperazine rings is 1. The highest BCUT2D eigenvalue weighted by atomic mass is 16.3. The second kappa shape index (κ2) is 5.87. The Balaban J connectivity index is 1.96. The summed E-state index contributed by atoms with van der Waals surface area (Å²) in [5.41, 5.74) is -0.175. The van der Waals surface area contributed by atoms with Gasteiger partial charge in [-0.05, 0) is 40.3 Å². The molecule has 3 atom stereocenters. The number of rotatable bonds is 4. The third-order valence-corrected chi connectivity index (χ3v) is 4.82. The van der Waals surface area contributed by atoms with E-state index >= 15 is 0 Å². The van der Waals surface area contributed by atoms with Gasteiger partial charge in [-0.2, -0.15) is 0 Å². The molecule has 2 heterocycles. The molecule has 0 aromatic heterocycles. The molecule has 0 aromatic carbocycles. The number of hydrogen-bond donors (Lipinski definition) is 2. The van der Waals surface area contributed by atoms with Gasteiger partial charge in [0.05, 0.1) is 12.1 Å². The molecule has 0 radical (unpaired) electrons. The van der Waals surface area contributed by atoms with Crippen molar-refractivity contribution in [3.63, 3.8) is 0 Å². The van der Waals surface area contributed by atoms with E-state index in [1.54, 1.807) is 0 Å². The van der Waals surface area contributed by atoms with Gasteiger partial charge in [-0.3, -0.25) is 9.80 Å². The summed E-state index contributed by atoms with van der Waals surface area (Å²) in [5.74, 6) is 0. The monoisotopic (exact) mass is 255 g/mol. The van der Waals surface area contributed by atoms with E-state index in [9.17, 15) is 5.11 Å². The predicted molar refractivity (Wildman–Crippen MR) is 74.8 cm³/mol. The van der Waals surface area contributed by atoms with Crippen molar-refractivity contribution >= 4 is 0 Å². The van der Waals surface area contributed by atoms with Gasteiger partial charge in [0, 0.05) is 31.7 Å². The number of nitrogens with one attached hydrogen (secondary N) is 1. The maximum absolute atomic E-state index is 9.54. The number of aliphatic hydroxyl groups is 1. The summed E-state index contributed by atoms with van der Waals surface area (Å²) in [6.45, 7) is 9.19. The predicted octanol–water partition coefficient (Wildman–Crippen LogP) is 0.515. The lowest BCUT2D eigenvalue weighted by Gasteiger charge is -2.49. The Bertz CT molecular complexity index is 268. The van der Waals surface area contributed by atoms with Gasteiger partial charge in [0.1, 0.15) is 0 Å². The van der Waals surface area contributed by atoms with Crippen LogP contribution in [-0.4, -0.2) is 72.4 Å². The number of likely N-dealkylation sites (N-methyl/N-ethyl adjacent to an activating group) is 1. The van der Waals surface area contributed by atoms with E-state index in [1.165, 1.54) is 38.9 Å². The molecule has 0 spiro atoms. The SMILES string of the molecule is CNC(C)(CO)CN1CC2CCCCN2CC1C. The van der Waals surface area contributed by atoms with Crippen molar-refractivity contribution < 1.29 is 5.11 Å². The zero-order valence-corrected chi connectivity index (χ0v) is 12.2. The van der Waals surface area contributed by atoms with Crippen molar-refractivity contribution in [2.45, 2.75) is 50.7 Å². The number of fused-ring (bicyclic) bond motifs is 1. The van der Waals surface area contributed by atoms with E-state index in [1.807, 2.05) is 7.05 Å². The van der Waals surface area contributed by atoms with Gasteiger partial charge < -0.3 is 10.4 Å². The second-order valence-electron chi connectivity index (χ2n) is 6.39. The molecule has 4 nitrogen and oxygen atoms in total. The lowest BCUT2D eigenvalue weighted by atomic mass is 9.95. The summed E-state index contributed by atoms with van der Waals surface area (Å²) < 4.78 is 0. The summed E-state index contributed by atoms with van der Waals surface area (Å²) in [7, 11) is 1.94. The molecule has 0 saturated carbocycles. The maximum atomic E-state index is 9.54. The fourth-order valence-electron chi connectivity index (χ4n) is 3.29. The van der Waals surface area contributed by atoms with Crippen molar-refractivity contribution in [1.29, 1.82) is 0 Å². The first kappa shape index (κ1) is 14.3. The van der Waals surface area contributed by atoms with Crippen LogP contribution in [-0.2, 0) is 0 Å². The molecular weight excluding hydrogens is 226 g/mol. The van der Waals surface area contributed by atoms with E-state index in [-0.39, 0.29) is 12.1 Å². The van der Waals surface area contributed by atoms with Crippen molar-refractivity contribution in [1.82, 2.24) is 15.1 Å². The Morgan fingerprint density at radius 3 is 2.78 bits per heavy atom. The standard InChI is InChI=1S/C14H29N3O/c1-12-8-16-7-5-4-6-13(16)9-17(12)10-14(2,11-18)15-3/h12-13,15,18H,4-11H2,1-3H3. The first-order valence-electron chi connectivity index (χ1n) is 7.36. The van der Waals surface area contributed by atoms with Crippen molar-refractivity contribution in [3.05, 3.63) is 0 Å². The topological polar surface area (TPSA) is 38.7 Å². The smallest absolute Gasteiger partial charge is 0.0623 e. The van der Waals surface area contributed by atoms with Gasteiger partial charge in [0.15, 0.2) is 0 Å². The highest BCUT2D eigenvalue weighted by molar-refractivity contribution is 4.93. The van der Waals surface area contributed by atoms with Crippen LogP contribution >= 0.6 is 0 Å². The quantitative estimate of drug-likeness (QED) is 0.768. The summed E-state index contributed by atoms with van der Waals surface area (Å²) >= 11 is 0. The maximum Gasteiger partial charge on any atom is 0.0623 e. The van der Waals surface area contributed by atoms with Crippen LogP contribution < -0.4 is 5.32 Å². The average molecular weight is 255 g/mol. The molecule has 0 aromatic rings. The largest absolute Gasteiger partial charge is 0.394 e. The minimum absolute atomic E-state index is 0.175. The molecule has 106 valence electrons. The Labute approximate surface area is 111 Å². The Morgan fingerprint density at radius 2 is 2.11 bits per heavy atom. The normalized spacial score (nSPS) is 34.0. The highest BCUT2D eigenvalue weighted by Crippen LogP contribution is 2.24. The second-order valence-corrected chi connectivity index (χ2v) is 6.39. The highest BCUT2D eigenvalue weighted by Gasteiger charge is 2.35. The molecule has 18 heavy (non-hydrogen) atoms. The molecule has 2 N–H and O–H groups in total. The molecular formula is C14H29N3O. The zero-order valence-electron chi connectivity index (χ0n) is 12.2. The lowest BCUT2D eigenvalue weighted by Crippen LogP contribution is -2.63. The van der Waals surface area contributed by atoms with Gasteiger partial charge in [0.2, 0.25) is 0 Å². The molecule has 0 amide bonds. The van der Waals surface area contributed by atoms with Crippen LogP contribution in [0.25, 0.3) is 0 Å². The van der Waals surface area contributed by atoms with Gasteiger partial charge in [-0.15, -0.1) is 0 Å². The zero-order chi connectivity index (χ0) is 13.2. The number of aliphatic hydroxyl groups excluding tert-OH is 1. The molecule has 2 saturated heterocycles. The van der Waals surface area contributed by atoms with Gasteiger partial charge in [0.25, 0.3) is 0 Å². The van der Waals surface area contributed by atoms with Gasteiger partial charge in [-0.25, -0.2) is 0 Å².